The van der Waals surface area contributed by atoms with E-state index in [0.717, 1.165) is 51.8 Å². The second-order valence-corrected chi connectivity index (χ2v) is 9.01. The third-order valence-corrected chi connectivity index (χ3v) is 6.33. The number of sulfone groups is 1. The highest BCUT2D eigenvalue weighted by Crippen LogP contribution is 2.28. The van der Waals surface area contributed by atoms with Gasteiger partial charge in [-0.3, -0.25) is 9.89 Å². The van der Waals surface area contributed by atoms with Gasteiger partial charge in [0.2, 0.25) is 5.84 Å². The van der Waals surface area contributed by atoms with Gasteiger partial charge in [0.25, 0.3) is 0 Å². The smallest absolute Gasteiger partial charge is 0.245 e. The van der Waals surface area contributed by atoms with E-state index in [4.69, 9.17) is 4.74 Å². The van der Waals surface area contributed by atoms with Crippen LogP contribution < -0.4 is 5.32 Å². The van der Waals surface area contributed by atoms with Gasteiger partial charge in [-0.15, -0.1) is 0 Å². The minimum atomic E-state index is -3.14. The van der Waals surface area contributed by atoms with E-state index in [2.05, 4.69) is 16.8 Å². The zero-order valence-electron chi connectivity index (χ0n) is 15.2. The van der Waals surface area contributed by atoms with Gasteiger partial charge in [0.15, 0.2) is 9.84 Å². The topological polar surface area (TPSA) is 58.4 Å². The van der Waals surface area contributed by atoms with Gasteiger partial charge >= 0.3 is 0 Å². The maximum absolute atomic E-state index is 11.7. The standard InChI is InChI=1S/C19H28N2O3S/c1-3-21-18(15-9-11-17(12-10-15)25(2,22)23)7-4-8-19(21)20-14-16-6-5-13-24-16/h9-12,16,18H,3-8,13-14H2,1-2H3/p+1. The van der Waals surface area contributed by atoms with Crippen LogP contribution in [-0.2, 0) is 14.6 Å². The molecule has 1 saturated heterocycles. The predicted octanol–water partition coefficient (Wildman–Crippen LogP) is 2.51. The van der Waals surface area contributed by atoms with E-state index in [1.54, 1.807) is 12.1 Å². The summed E-state index contributed by atoms with van der Waals surface area (Å²) in [4.78, 5) is 0.385. The lowest BCUT2D eigenvalue weighted by atomic mass is 9.96. The van der Waals surface area contributed by atoms with Crippen LogP contribution in [0.4, 0.5) is 0 Å². The highest BCUT2D eigenvalue weighted by Gasteiger charge is 2.29. The first-order valence-corrected chi connectivity index (χ1v) is 11.2. The molecule has 2 heterocycles. The second-order valence-electron chi connectivity index (χ2n) is 7.00. The van der Waals surface area contributed by atoms with Gasteiger partial charge in [-0.05, 0) is 50.3 Å². The molecule has 25 heavy (non-hydrogen) atoms. The number of hydrogen-bond donors (Lipinski definition) is 1. The monoisotopic (exact) mass is 365 g/mol. The number of rotatable bonds is 5. The van der Waals surface area contributed by atoms with Crippen LogP contribution in [0, 0.1) is 0 Å². The number of benzene rings is 1. The molecule has 0 aromatic heterocycles. The molecule has 3 rings (SSSR count). The van der Waals surface area contributed by atoms with Crippen molar-refractivity contribution in [3.8, 4) is 0 Å². The third-order valence-electron chi connectivity index (χ3n) is 5.21. The van der Waals surface area contributed by atoms with Crippen LogP contribution in [0.3, 0.4) is 0 Å². The maximum atomic E-state index is 11.7. The van der Waals surface area contributed by atoms with Crippen LogP contribution in [0.25, 0.3) is 0 Å². The highest BCUT2D eigenvalue weighted by atomic mass is 32.2. The van der Waals surface area contributed by atoms with Crippen LogP contribution in [0.15, 0.2) is 29.2 Å². The van der Waals surface area contributed by atoms with Gasteiger partial charge in [-0.25, -0.2) is 8.42 Å². The van der Waals surface area contributed by atoms with Crippen molar-refractivity contribution in [3.05, 3.63) is 29.8 Å². The minimum Gasteiger partial charge on any atom is -0.374 e. The number of ether oxygens (including phenoxy) is 1. The minimum absolute atomic E-state index is 0.305. The maximum Gasteiger partial charge on any atom is 0.245 e. The SMILES string of the molecule is CC[N+]1=C(NCC2CCCO2)CCCC1c1ccc(S(C)(=O)=O)cc1. The molecule has 2 aliphatic rings. The van der Waals surface area contributed by atoms with Crippen LogP contribution in [0.2, 0.25) is 0 Å². The molecule has 1 N–H and O–H groups in total. The normalized spacial score (nSPS) is 24.6. The van der Waals surface area contributed by atoms with Crippen LogP contribution in [-0.4, -0.2) is 50.9 Å². The van der Waals surface area contributed by atoms with Gasteiger partial charge in [-0.1, -0.05) is 12.1 Å². The highest BCUT2D eigenvalue weighted by molar-refractivity contribution is 7.90. The molecule has 2 unspecified atom stereocenters. The number of nitrogens with one attached hydrogen (secondary N) is 1. The van der Waals surface area contributed by atoms with Crippen molar-refractivity contribution in [3.63, 3.8) is 0 Å². The Balaban J connectivity index is 1.78. The van der Waals surface area contributed by atoms with Crippen molar-refractivity contribution in [2.75, 3.05) is 26.0 Å². The zero-order chi connectivity index (χ0) is 17.9. The van der Waals surface area contributed by atoms with Crippen LogP contribution >= 0.6 is 0 Å². The largest absolute Gasteiger partial charge is 0.374 e. The molecule has 0 amide bonds. The summed E-state index contributed by atoms with van der Waals surface area (Å²) in [6.07, 6.45) is 7.19. The zero-order valence-corrected chi connectivity index (χ0v) is 16.0. The fourth-order valence-corrected chi connectivity index (χ4v) is 4.50. The van der Waals surface area contributed by atoms with Crippen molar-refractivity contribution in [1.82, 2.24) is 5.32 Å². The molecular formula is C19H29N2O3S+. The molecule has 6 heteroatoms. The average Bonchev–Trinajstić information content (AvgIpc) is 3.12. The molecule has 0 radical (unpaired) electrons. The van der Waals surface area contributed by atoms with Crippen molar-refractivity contribution in [2.24, 2.45) is 0 Å². The number of nitrogens with zero attached hydrogens (tertiary/aromatic N) is 1. The summed E-state index contributed by atoms with van der Waals surface area (Å²) in [5, 5.41) is 3.62. The molecular weight excluding hydrogens is 336 g/mol. The summed E-state index contributed by atoms with van der Waals surface area (Å²) in [6.45, 7) is 4.88. The van der Waals surface area contributed by atoms with E-state index in [1.165, 1.54) is 17.7 Å². The van der Waals surface area contributed by atoms with E-state index >= 15 is 0 Å². The second kappa shape index (κ2) is 7.87. The summed E-state index contributed by atoms with van der Waals surface area (Å²) < 4.78 is 31.5. The lowest BCUT2D eigenvalue weighted by Crippen LogP contribution is -2.41. The molecule has 0 aliphatic carbocycles. The van der Waals surface area contributed by atoms with E-state index in [1.807, 2.05) is 12.1 Å². The summed E-state index contributed by atoms with van der Waals surface area (Å²) >= 11 is 0. The van der Waals surface area contributed by atoms with E-state index in [9.17, 15) is 8.42 Å². The molecule has 1 aromatic carbocycles. The van der Waals surface area contributed by atoms with Gasteiger partial charge in [0.1, 0.15) is 12.6 Å². The molecule has 0 bridgehead atoms. The third kappa shape index (κ3) is 4.42. The van der Waals surface area contributed by atoms with E-state index < -0.39 is 9.84 Å². The Hall–Kier alpha value is -1.40. The van der Waals surface area contributed by atoms with E-state index in [0.29, 0.717) is 17.0 Å². The van der Waals surface area contributed by atoms with Crippen LogP contribution in [0.5, 0.6) is 0 Å². The van der Waals surface area contributed by atoms with Crippen molar-refractivity contribution < 1.29 is 17.7 Å². The predicted molar refractivity (Wildman–Crippen MR) is 98.9 cm³/mol. The molecule has 0 spiro atoms. The first-order valence-electron chi connectivity index (χ1n) is 9.27. The Labute approximate surface area is 151 Å². The Morgan fingerprint density at radius 1 is 1.20 bits per heavy atom. The lowest BCUT2D eigenvalue weighted by molar-refractivity contribution is -0.577. The first-order chi connectivity index (χ1) is 12.0. The van der Waals surface area contributed by atoms with Crippen molar-refractivity contribution in [1.29, 1.82) is 0 Å². The average molecular weight is 366 g/mol. The van der Waals surface area contributed by atoms with Crippen LogP contribution in [0.1, 0.15) is 50.6 Å². The first kappa shape index (κ1) is 18.4. The van der Waals surface area contributed by atoms with Gasteiger partial charge < -0.3 is 4.74 Å². The Bertz CT molecular complexity index is 720. The summed E-state index contributed by atoms with van der Waals surface area (Å²) in [6, 6.07) is 7.69. The quantitative estimate of drug-likeness (QED) is 0.815. The number of hydrogen-bond acceptors (Lipinski definition) is 4. The molecule has 5 nitrogen and oxygen atoms in total. The Morgan fingerprint density at radius 3 is 2.56 bits per heavy atom. The van der Waals surface area contributed by atoms with Gasteiger partial charge in [0.05, 0.1) is 17.5 Å². The lowest BCUT2D eigenvalue weighted by Gasteiger charge is -2.26. The van der Waals surface area contributed by atoms with Crippen molar-refractivity contribution in [2.45, 2.75) is 56.1 Å². The molecule has 138 valence electrons. The summed E-state index contributed by atoms with van der Waals surface area (Å²) in [5.41, 5.74) is 1.19. The fraction of sp³-hybridized carbons (Fsp3) is 0.632. The van der Waals surface area contributed by atoms with Crippen molar-refractivity contribution >= 4 is 15.7 Å². The molecule has 2 atom stereocenters. The molecule has 1 aromatic rings. The van der Waals surface area contributed by atoms with E-state index in [-0.39, 0.29) is 0 Å². The molecule has 2 aliphatic heterocycles. The Morgan fingerprint density at radius 2 is 1.96 bits per heavy atom. The Kier molecular flexibility index (Phi) is 5.79. The molecule has 1 fully saturated rings. The van der Waals surface area contributed by atoms with Gasteiger partial charge in [0, 0.05) is 19.3 Å². The fourth-order valence-electron chi connectivity index (χ4n) is 3.87. The van der Waals surface area contributed by atoms with Gasteiger partial charge in [-0.2, -0.15) is 0 Å². The number of amidine groups is 1. The summed E-state index contributed by atoms with van der Waals surface area (Å²) in [5.74, 6) is 1.29. The molecule has 0 saturated carbocycles. The summed E-state index contributed by atoms with van der Waals surface area (Å²) in [7, 11) is -3.14.